The summed E-state index contributed by atoms with van der Waals surface area (Å²) in [6.07, 6.45) is 9.64. The van der Waals surface area contributed by atoms with Crippen LogP contribution < -0.4 is 51.5 Å². The van der Waals surface area contributed by atoms with Crippen molar-refractivity contribution in [2.24, 2.45) is 11.5 Å². The summed E-state index contributed by atoms with van der Waals surface area (Å²) >= 11 is 4.86. The number of nitrogens with zero attached hydrogens (tertiary/aromatic N) is 16. The molecule has 5 fully saturated rings. The third kappa shape index (κ3) is 27.7. The number of nitrogens with two attached hydrogens (primary N) is 3. The van der Waals surface area contributed by atoms with E-state index in [1.165, 1.54) is 32.6 Å². The van der Waals surface area contributed by atoms with Gasteiger partial charge in [0.15, 0.2) is 17.5 Å². The Bertz CT molecular complexity index is 5720. The van der Waals surface area contributed by atoms with E-state index in [0.29, 0.717) is 18.7 Å². The van der Waals surface area contributed by atoms with Crippen LogP contribution in [-0.4, -0.2) is 235 Å². The van der Waals surface area contributed by atoms with Crippen molar-refractivity contribution in [2.45, 2.75) is 160 Å². The Balaban J connectivity index is 0.000000320. The van der Waals surface area contributed by atoms with Crippen LogP contribution in [0.1, 0.15) is 188 Å². The molecule has 5 aliphatic rings. The molecule has 5 saturated heterocycles. The van der Waals surface area contributed by atoms with Gasteiger partial charge in [-0.3, -0.25) is 19.2 Å². The number of hydrogen-bond acceptors (Lipinski definition) is 18. The van der Waals surface area contributed by atoms with E-state index in [1.807, 2.05) is 150 Å². The van der Waals surface area contributed by atoms with Crippen LogP contribution in [0.5, 0.6) is 0 Å². The maximum Gasteiger partial charge on any atom is 0.351 e. The van der Waals surface area contributed by atoms with Gasteiger partial charge in [0.1, 0.15) is 42.8 Å². The minimum atomic E-state index is -0.807. The van der Waals surface area contributed by atoms with E-state index in [-0.39, 0.29) is 120 Å². The molecule has 10 aromatic carbocycles. The fourth-order valence-corrected chi connectivity index (χ4v) is 20.0. The van der Waals surface area contributed by atoms with Crippen molar-refractivity contribution < 1.29 is 63.2 Å². The van der Waals surface area contributed by atoms with Crippen LogP contribution in [0.15, 0.2) is 303 Å². The molecule has 0 atom stereocenters. The predicted molar refractivity (Wildman–Crippen MR) is 561 cm³/mol. The lowest BCUT2D eigenvalue weighted by molar-refractivity contribution is -0.664. The number of quaternary nitrogens is 1. The van der Waals surface area contributed by atoms with Crippen LogP contribution in [0.3, 0.4) is 0 Å². The van der Waals surface area contributed by atoms with Crippen molar-refractivity contribution in [1.82, 2.24) is 86.4 Å². The Hall–Kier alpha value is -12.9. The van der Waals surface area contributed by atoms with Gasteiger partial charge in [-0.2, -0.15) is 20.5 Å². The summed E-state index contributed by atoms with van der Waals surface area (Å²) in [6, 6.07) is 106. The highest BCUT2D eigenvalue weighted by molar-refractivity contribution is 6.27. The molecular formula is C112H149BrCl2N22O5. The average Bonchev–Trinajstić information content (AvgIpc) is 0.859. The number of aromatic nitrogens is 12. The molecule has 0 aliphatic carbocycles. The second-order valence-electron chi connectivity index (χ2n) is 35.5. The Morgan fingerprint density at radius 1 is 0.451 bits per heavy atom. The number of primary amides is 2. The Morgan fingerprint density at radius 3 is 1.06 bits per heavy atom. The number of carbonyl (C=O) groups excluding carboxylic acids is 4. The van der Waals surface area contributed by atoms with Gasteiger partial charge in [-0.15, -0.1) is 42.2 Å². The predicted octanol–water partition coefficient (Wildman–Crippen LogP) is 9.32. The molecule has 758 valence electrons. The summed E-state index contributed by atoms with van der Waals surface area (Å²) in [4.78, 5) is 58.5. The number of tetrazole rings is 3. The molecule has 5 aliphatic heterocycles. The summed E-state index contributed by atoms with van der Waals surface area (Å²) < 4.78 is 8.09. The molecule has 30 heteroatoms. The molecule has 3 aromatic heterocycles. The van der Waals surface area contributed by atoms with E-state index in [9.17, 15) is 24.4 Å². The van der Waals surface area contributed by atoms with Crippen molar-refractivity contribution >= 4 is 41.1 Å². The second-order valence-corrected chi connectivity index (χ2v) is 35.8. The fraction of sp³-hybridized carbons (Fsp3) is 0.384. The van der Waals surface area contributed by atoms with E-state index in [2.05, 4.69) is 290 Å². The molecule has 0 saturated carbocycles. The molecule has 8 heterocycles. The zero-order valence-corrected chi connectivity index (χ0v) is 81.5. The molecule has 9 N–H and O–H groups in total. The number of alkyl halides is 1. The highest BCUT2D eigenvalue weighted by Gasteiger charge is 2.52. The lowest BCUT2D eigenvalue weighted by Crippen LogP contribution is -3.00. The number of H-pyrrole nitrogens is 2. The summed E-state index contributed by atoms with van der Waals surface area (Å²) in [5.41, 5.74) is 18.6. The number of aromatic amines is 2. The first-order chi connectivity index (χ1) is 65.2. The quantitative estimate of drug-likeness (QED) is 0.0242. The zero-order valence-electron chi connectivity index (χ0n) is 78.4. The molecule has 0 radical (unpaired) electrons. The zero-order chi connectivity index (χ0) is 94.3. The SMILES string of the molecule is C.C.C.C.C.C.CN(C)C(=O)C(CCN1CCC(c2ccccc2)(c2nn[nH]n2)CC1)(c1ccccc1)c1ccccc1.CN(C)C(=O)C(CCN1CCC(c2ccccc2)(c2nnn(CC(N)=O)n2)CC1)(c1ccccc1)c1ccccc1.C[N+](C)=C1OCCC1(c1ccccc1)c1ccccc1.N#CC1(c2ccccc2)CC[NH2+]CC1.NC(=O)CCl.[Br-].[Cl-].c1ccc(C2(c3nn[nH]n3)CCNCC2)cc1. The highest BCUT2D eigenvalue weighted by atomic mass is 79.9. The van der Waals surface area contributed by atoms with E-state index in [1.54, 1.807) is 9.80 Å². The van der Waals surface area contributed by atoms with Crippen LogP contribution in [0.25, 0.3) is 0 Å². The van der Waals surface area contributed by atoms with Gasteiger partial charge >= 0.3 is 5.90 Å². The Labute approximate surface area is 864 Å². The van der Waals surface area contributed by atoms with Crippen LogP contribution in [0.2, 0.25) is 0 Å². The maximum atomic E-state index is 14.0. The third-order valence-electron chi connectivity index (χ3n) is 27.0. The van der Waals surface area contributed by atoms with E-state index in [0.717, 1.165) is 175 Å². The summed E-state index contributed by atoms with van der Waals surface area (Å²) in [6.45, 7) is 9.71. The number of likely N-dealkylation sites (N-methyl/N-ethyl adjacent to an activating group) is 2. The number of ether oxygens (including phenoxy) is 1. The molecule has 0 spiro atoms. The van der Waals surface area contributed by atoms with Crippen LogP contribution in [0.4, 0.5) is 0 Å². The number of benzene rings is 10. The molecule has 18 rings (SSSR count). The number of nitriles is 1. The standard InChI is InChI=1S/C32H37N7O2.C30H34N6O.C18H20NO.C12H15N5.C12H14N2.C2H4ClNO.6CH4.BrH.ClH/c1-37(2)30(41)32(26-14-8-4-9-15-26,27-16-10-5-11-17-27)20-23-38-21-18-31(19-22-38,25-12-6-3-7-13-25)29-34-36-39(35-29)24-28(33)40;1-35(2)28(37)30(25-14-8-4-9-15-25,26-16-10-5-11-17-26)20-23-36-21-18-29(19-22-36,27-31-33-34-32-27)24-12-6-3-7-13-24;1-19(2)17-18(13-14-20-17,15-9-5-3-6-10-15)16-11-7-4-8-12-16;1-2-4-10(5-3-1)12(6-8-13-9-7-12)11-14-16-17-15-11;13-10-12(6-8-14-9-7-12)11-4-2-1-3-5-11;3-1-2(4)5;;;;;;;;/h3-17H,18-24H2,1-2H3,(H2,33,40);3-17H,18-23H2,1-2H3,(H,31,32,33,34);3-12H,13-14H2,1-2H3;1-5,13H,6-9H2,(H,14,15,16,17);1-5,14H,6-9H2;1H2,(H2,4,5);6*1H4;2*1H/q;;+1;;;;;;;;;;;/p-1. The van der Waals surface area contributed by atoms with Crippen molar-refractivity contribution in [2.75, 3.05) is 120 Å². The first-order valence-electron chi connectivity index (χ1n) is 46.2. The van der Waals surface area contributed by atoms with Gasteiger partial charge in [0, 0.05) is 47.5 Å². The maximum absolute atomic E-state index is 14.0. The molecule has 0 bridgehead atoms. The molecule has 0 unspecified atom stereocenters. The highest BCUT2D eigenvalue weighted by Crippen LogP contribution is 2.47. The third-order valence-corrected chi connectivity index (χ3v) is 27.3. The number of halogens is 3. The van der Waals surface area contributed by atoms with Gasteiger partial charge in [-0.25, -0.2) is 4.58 Å². The van der Waals surface area contributed by atoms with Crippen molar-refractivity contribution in [3.8, 4) is 6.07 Å². The fourth-order valence-electron chi connectivity index (χ4n) is 20.0. The van der Waals surface area contributed by atoms with Gasteiger partial charge in [0.2, 0.25) is 23.6 Å². The first-order valence-corrected chi connectivity index (χ1v) is 46.7. The first kappa shape index (κ1) is 120. The lowest BCUT2D eigenvalue weighted by Gasteiger charge is -2.42. The van der Waals surface area contributed by atoms with E-state index < -0.39 is 28.1 Å². The van der Waals surface area contributed by atoms with Crippen molar-refractivity contribution in [1.29, 1.82) is 5.26 Å². The Kier molecular flexibility index (Phi) is 48.3. The van der Waals surface area contributed by atoms with Gasteiger partial charge in [0.05, 0.1) is 47.4 Å². The number of amides is 4. The van der Waals surface area contributed by atoms with Crippen LogP contribution in [0, 0.1) is 11.3 Å². The van der Waals surface area contributed by atoms with Gasteiger partial charge in [-0.05, 0) is 165 Å². The van der Waals surface area contributed by atoms with Gasteiger partial charge < -0.3 is 75.8 Å². The molecular weight excluding hydrogens is 1880 g/mol. The minimum Gasteiger partial charge on any atom is -1.00 e. The van der Waals surface area contributed by atoms with Gasteiger partial charge in [0.25, 0.3) is 0 Å². The van der Waals surface area contributed by atoms with Crippen molar-refractivity contribution in [3.63, 3.8) is 0 Å². The molecule has 142 heavy (non-hydrogen) atoms. The number of piperidine rings is 4. The monoisotopic (exact) mass is 2030 g/mol. The normalized spacial score (nSPS) is 15.4. The topological polar surface area (TPSA) is 350 Å². The van der Waals surface area contributed by atoms with Crippen LogP contribution in [-0.2, 0) is 68.4 Å². The number of hydrogen-bond donors (Lipinski definition) is 6. The van der Waals surface area contributed by atoms with Crippen LogP contribution >= 0.6 is 11.6 Å². The van der Waals surface area contributed by atoms with E-state index in [4.69, 9.17) is 22.1 Å². The summed E-state index contributed by atoms with van der Waals surface area (Å²) in [7, 11) is 11.5. The minimum absolute atomic E-state index is 0. The number of carbonyl (C=O) groups is 4. The lowest BCUT2D eigenvalue weighted by atomic mass is 9.70. The number of nitrogens with one attached hydrogen (secondary N) is 3. The average molecular weight is 2030 g/mol. The molecule has 13 aromatic rings. The summed E-state index contributed by atoms with van der Waals surface area (Å²) in [5, 5.41) is 58.1. The molecule has 27 nitrogen and oxygen atoms in total. The second kappa shape index (κ2) is 57.3. The number of likely N-dealkylation sites (tertiary alicyclic amines) is 2. The number of rotatable bonds is 24. The Morgan fingerprint density at radius 2 is 0.761 bits per heavy atom. The smallest absolute Gasteiger partial charge is 0.351 e. The van der Waals surface area contributed by atoms with E-state index >= 15 is 0 Å². The van der Waals surface area contributed by atoms with Gasteiger partial charge in [-0.1, -0.05) is 358 Å². The van der Waals surface area contributed by atoms with Crippen molar-refractivity contribution in [3.05, 3.63) is 376 Å². The largest absolute Gasteiger partial charge is 1.00 e. The molecule has 4 amide bonds. The summed E-state index contributed by atoms with van der Waals surface area (Å²) in [5.74, 6) is 2.31.